The lowest BCUT2D eigenvalue weighted by Crippen LogP contribution is -2.31. The quantitative estimate of drug-likeness (QED) is 0.644. The van der Waals surface area contributed by atoms with Crippen LogP contribution in [0, 0.1) is 0 Å². The number of imidazole rings is 1. The zero-order valence-electron chi connectivity index (χ0n) is 14.3. The molecule has 0 spiro atoms. The molecule has 0 amide bonds. The van der Waals surface area contributed by atoms with Crippen molar-refractivity contribution in [3.63, 3.8) is 0 Å². The number of hydrogen-bond acceptors (Lipinski definition) is 4. The smallest absolute Gasteiger partial charge is 0.241 e. The molecule has 0 saturated heterocycles. The molecule has 0 aliphatic rings. The molecule has 6 nitrogen and oxygen atoms in total. The third kappa shape index (κ3) is 3.98. The average molecular weight is 436 g/mol. The fourth-order valence-electron chi connectivity index (χ4n) is 2.58. The number of sulfonamides is 1. The average Bonchev–Trinajstić information content (AvgIpc) is 3.06. The molecule has 1 heterocycles. The van der Waals surface area contributed by atoms with Crippen LogP contribution in [0.25, 0.3) is 0 Å². The van der Waals surface area contributed by atoms with Crippen LogP contribution in [-0.4, -0.2) is 25.1 Å². The van der Waals surface area contributed by atoms with E-state index in [1.54, 1.807) is 54.4 Å². The van der Waals surface area contributed by atoms with E-state index >= 15 is 0 Å². The summed E-state index contributed by atoms with van der Waals surface area (Å²) in [6.07, 6.45) is 3.41. The summed E-state index contributed by atoms with van der Waals surface area (Å²) in [7, 11) is -0.359. The summed E-state index contributed by atoms with van der Waals surface area (Å²) < 4.78 is 36.4. The molecule has 1 unspecified atom stereocenters. The summed E-state index contributed by atoms with van der Waals surface area (Å²) in [4.78, 5) is 4.51. The molecule has 2 aromatic carbocycles. The fourth-order valence-corrected chi connectivity index (χ4v) is 4.03. The maximum Gasteiger partial charge on any atom is 0.241 e. The molecule has 0 bridgehead atoms. The van der Waals surface area contributed by atoms with E-state index in [-0.39, 0.29) is 4.90 Å². The standard InChI is InChI=1S/C18H18BrN3O3S/c1-22-11-10-20-18(22)17(13-4-3-5-15(12-13)25-2)21-26(23,24)16-8-6-14(19)7-9-16/h3-12,17,21H,1-2H3. The molecule has 1 aromatic heterocycles. The summed E-state index contributed by atoms with van der Waals surface area (Å²) in [5, 5.41) is 0. The Balaban J connectivity index is 2.04. The zero-order chi connectivity index (χ0) is 18.7. The lowest BCUT2D eigenvalue weighted by molar-refractivity contribution is 0.413. The van der Waals surface area contributed by atoms with Crippen molar-refractivity contribution in [2.24, 2.45) is 7.05 Å². The van der Waals surface area contributed by atoms with Gasteiger partial charge in [0, 0.05) is 23.9 Å². The molecule has 3 aromatic rings. The largest absolute Gasteiger partial charge is 0.497 e. The third-order valence-electron chi connectivity index (χ3n) is 3.94. The second-order valence-electron chi connectivity index (χ2n) is 5.68. The van der Waals surface area contributed by atoms with Gasteiger partial charge in [-0.2, -0.15) is 4.72 Å². The van der Waals surface area contributed by atoms with Crippen molar-refractivity contribution in [3.05, 3.63) is 76.8 Å². The van der Waals surface area contributed by atoms with E-state index in [4.69, 9.17) is 4.74 Å². The molecule has 0 saturated carbocycles. The molecule has 0 aliphatic heterocycles. The Morgan fingerprint density at radius 2 is 1.92 bits per heavy atom. The highest BCUT2D eigenvalue weighted by molar-refractivity contribution is 9.10. The molecule has 0 fully saturated rings. The highest BCUT2D eigenvalue weighted by Crippen LogP contribution is 2.26. The number of ether oxygens (including phenoxy) is 1. The Kier molecular flexibility index (Phi) is 5.45. The van der Waals surface area contributed by atoms with Gasteiger partial charge in [-0.05, 0) is 42.0 Å². The highest BCUT2D eigenvalue weighted by atomic mass is 79.9. The minimum Gasteiger partial charge on any atom is -0.497 e. The van der Waals surface area contributed by atoms with E-state index in [9.17, 15) is 8.42 Å². The van der Waals surface area contributed by atoms with E-state index in [0.717, 1.165) is 10.0 Å². The maximum absolute atomic E-state index is 12.9. The monoisotopic (exact) mass is 435 g/mol. The number of aryl methyl sites for hydroxylation is 1. The Morgan fingerprint density at radius 1 is 1.19 bits per heavy atom. The number of hydrogen-bond donors (Lipinski definition) is 1. The Morgan fingerprint density at radius 3 is 2.54 bits per heavy atom. The first-order valence-electron chi connectivity index (χ1n) is 7.80. The predicted molar refractivity (Wildman–Crippen MR) is 103 cm³/mol. The second kappa shape index (κ2) is 7.61. The molecule has 1 atom stereocenters. The Bertz CT molecular complexity index is 1000. The summed E-state index contributed by atoms with van der Waals surface area (Å²) >= 11 is 3.31. The van der Waals surface area contributed by atoms with E-state index in [0.29, 0.717) is 11.6 Å². The number of aromatic nitrogens is 2. The molecule has 26 heavy (non-hydrogen) atoms. The molecular formula is C18H18BrN3O3S. The van der Waals surface area contributed by atoms with E-state index in [1.807, 2.05) is 25.2 Å². The van der Waals surface area contributed by atoms with Gasteiger partial charge in [0.2, 0.25) is 10.0 Å². The van der Waals surface area contributed by atoms with Crippen LogP contribution in [0.15, 0.2) is 70.3 Å². The number of halogens is 1. The van der Waals surface area contributed by atoms with Crippen LogP contribution in [0.2, 0.25) is 0 Å². The SMILES string of the molecule is COc1cccc(C(NS(=O)(=O)c2ccc(Br)cc2)c2nccn2C)c1. The van der Waals surface area contributed by atoms with Crippen LogP contribution in [-0.2, 0) is 17.1 Å². The fraction of sp³-hybridized carbons (Fsp3) is 0.167. The summed E-state index contributed by atoms with van der Waals surface area (Å²) in [5.41, 5.74) is 0.735. The first-order chi connectivity index (χ1) is 12.4. The van der Waals surface area contributed by atoms with Gasteiger partial charge in [0.05, 0.1) is 12.0 Å². The van der Waals surface area contributed by atoms with Crippen LogP contribution >= 0.6 is 15.9 Å². The lowest BCUT2D eigenvalue weighted by Gasteiger charge is -2.20. The van der Waals surface area contributed by atoms with Crippen LogP contribution in [0.4, 0.5) is 0 Å². The van der Waals surface area contributed by atoms with Crippen molar-refractivity contribution in [2.45, 2.75) is 10.9 Å². The number of benzene rings is 2. The first-order valence-corrected chi connectivity index (χ1v) is 10.1. The van der Waals surface area contributed by atoms with Crippen molar-refractivity contribution in [3.8, 4) is 5.75 Å². The van der Waals surface area contributed by atoms with Gasteiger partial charge >= 0.3 is 0 Å². The van der Waals surface area contributed by atoms with Crippen molar-refractivity contribution in [1.82, 2.24) is 14.3 Å². The number of methoxy groups -OCH3 is 1. The minimum atomic E-state index is -3.75. The molecule has 0 aliphatic carbocycles. The van der Waals surface area contributed by atoms with Gasteiger partial charge in [-0.1, -0.05) is 28.1 Å². The molecule has 3 rings (SSSR count). The van der Waals surface area contributed by atoms with Crippen LogP contribution in [0.3, 0.4) is 0 Å². The van der Waals surface area contributed by atoms with E-state index in [1.165, 1.54) is 0 Å². The summed E-state index contributed by atoms with van der Waals surface area (Å²) in [5.74, 6) is 1.23. The van der Waals surface area contributed by atoms with Crippen molar-refractivity contribution < 1.29 is 13.2 Å². The molecular weight excluding hydrogens is 418 g/mol. The van der Waals surface area contributed by atoms with E-state index < -0.39 is 16.1 Å². The topological polar surface area (TPSA) is 73.2 Å². The zero-order valence-corrected chi connectivity index (χ0v) is 16.7. The second-order valence-corrected chi connectivity index (χ2v) is 8.31. The van der Waals surface area contributed by atoms with Gasteiger partial charge in [0.25, 0.3) is 0 Å². The van der Waals surface area contributed by atoms with Crippen molar-refractivity contribution >= 4 is 26.0 Å². The van der Waals surface area contributed by atoms with Gasteiger partial charge in [-0.3, -0.25) is 0 Å². The van der Waals surface area contributed by atoms with Crippen LogP contribution in [0.1, 0.15) is 17.4 Å². The number of nitrogens with one attached hydrogen (secondary N) is 1. The van der Waals surface area contributed by atoms with Gasteiger partial charge in [-0.15, -0.1) is 0 Å². The van der Waals surface area contributed by atoms with Crippen molar-refractivity contribution in [2.75, 3.05) is 7.11 Å². The van der Waals surface area contributed by atoms with Crippen molar-refractivity contribution in [1.29, 1.82) is 0 Å². The molecule has 136 valence electrons. The Labute approximate surface area is 161 Å². The Hall–Kier alpha value is -2.16. The minimum absolute atomic E-state index is 0.183. The number of nitrogens with zero attached hydrogens (tertiary/aromatic N) is 2. The molecule has 8 heteroatoms. The third-order valence-corrected chi connectivity index (χ3v) is 5.91. The lowest BCUT2D eigenvalue weighted by atomic mass is 10.1. The number of rotatable bonds is 6. The summed E-state index contributed by atoms with van der Waals surface area (Å²) in [6, 6.07) is 13.1. The van der Waals surface area contributed by atoms with Crippen LogP contribution in [0.5, 0.6) is 5.75 Å². The van der Waals surface area contributed by atoms with Gasteiger partial charge in [0.1, 0.15) is 17.6 Å². The predicted octanol–water partition coefficient (Wildman–Crippen LogP) is 3.26. The van der Waals surface area contributed by atoms with Gasteiger partial charge in [0.15, 0.2) is 0 Å². The van der Waals surface area contributed by atoms with E-state index in [2.05, 4.69) is 25.6 Å². The normalized spacial score (nSPS) is 12.7. The highest BCUT2D eigenvalue weighted by Gasteiger charge is 2.26. The summed E-state index contributed by atoms with van der Waals surface area (Å²) in [6.45, 7) is 0. The van der Waals surface area contributed by atoms with Crippen LogP contribution < -0.4 is 9.46 Å². The van der Waals surface area contributed by atoms with Gasteiger partial charge in [-0.25, -0.2) is 13.4 Å². The molecule has 0 radical (unpaired) electrons. The molecule has 1 N–H and O–H groups in total. The maximum atomic E-state index is 12.9. The first kappa shape index (κ1) is 18.6. The van der Waals surface area contributed by atoms with Gasteiger partial charge < -0.3 is 9.30 Å².